The summed E-state index contributed by atoms with van der Waals surface area (Å²) in [5.74, 6) is 0. The van der Waals surface area contributed by atoms with Crippen molar-refractivity contribution in [3.05, 3.63) is 0 Å². The van der Waals surface area contributed by atoms with Crippen LogP contribution in [0.15, 0.2) is 0 Å². The monoisotopic (exact) mass is 242 g/mol. The largest absolute Gasteiger partial charge is 0.330 e. The first-order chi connectivity index (χ1) is 18.2. The van der Waals surface area contributed by atoms with Crippen LogP contribution >= 0.6 is 0 Å². The Morgan fingerprint density at radius 2 is 1.13 bits per heavy atom. The highest BCUT2D eigenvalue weighted by molar-refractivity contribution is 4.48. The molecule has 0 aliphatic heterocycles. The molecule has 0 heterocycles. The van der Waals surface area contributed by atoms with Crippen LogP contribution in [0.5, 0.6) is 0 Å². The molecular weight excluding hydrogens is 182 g/mol. The lowest BCUT2D eigenvalue weighted by molar-refractivity contribution is 0.545. The summed E-state index contributed by atoms with van der Waals surface area (Å²) in [5.41, 5.74) is 4.92. The summed E-state index contributed by atoms with van der Waals surface area (Å²) in [6, 6.07) is 0. The molecule has 0 atom stereocenters. The second-order valence-corrected chi connectivity index (χ2v) is 1.64. The van der Waals surface area contributed by atoms with E-state index in [1.165, 1.54) is 0 Å². The summed E-state index contributed by atoms with van der Waals surface area (Å²) in [5, 5.41) is 0. The number of hydrogen-bond acceptors (Lipinski definition) is 1. The second-order valence-electron chi connectivity index (χ2n) is 1.64. The van der Waals surface area contributed by atoms with E-state index in [-0.39, 0.29) is 0 Å². The molecule has 2 N–H and O–H groups in total. The Hall–Kier alpha value is -0.0400. The molecule has 0 amide bonds. The van der Waals surface area contributed by atoms with E-state index in [0.29, 0.717) is 0 Å². The lowest BCUT2D eigenvalue weighted by Crippen LogP contribution is -1.97. The van der Waals surface area contributed by atoms with Crippen LogP contribution in [-0.4, -0.2) is 6.50 Å². The molecule has 0 aromatic rings. The Morgan fingerprint density at radius 3 is 1.53 bits per heavy atom. The highest BCUT2D eigenvalue weighted by atomic mass is 14.5. The molecule has 1 heteroatoms. The lowest BCUT2D eigenvalue weighted by Gasteiger charge is -2.01. The first-order valence-electron chi connectivity index (χ1n) is 18.0. The van der Waals surface area contributed by atoms with Gasteiger partial charge < -0.3 is 5.73 Å². The quantitative estimate of drug-likeness (QED) is 0.530. The molecule has 0 saturated carbocycles. The van der Waals surface area contributed by atoms with Gasteiger partial charge in [0.15, 0.2) is 0 Å². The molecule has 0 bridgehead atoms. The standard InChI is InChI=1S/C14H31N/c1-2-3-4-5-6-7-8-9-10-11-12-13-14-15/h2-15H2,1H3/i1D3,2D2,3D2,4D2,5D2,6D2,7D2,8D2,9D2,10D2,11D2,12D2,13D2,14D2. The lowest BCUT2D eigenvalue weighted by atomic mass is 10.1. The molecule has 1 nitrogen and oxygen atoms in total. The van der Waals surface area contributed by atoms with Crippen LogP contribution in [0, 0.1) is 0 Å². The number of nitrogens with two attached hydrogens (primary N) is 1. The topological polar surface area (TPSA) is 26.0 Å². The zero-order valence-electron chi connectivity index (χ0n) is 36.6. The van der Waals surface area contributed by atoms with Crippen molar-refractivity contribution in [3.8, 4) is 0 Å². The maximum absolute atomic E-state index is 8.08. The van der Waals surface area contributed by atoms with Crippen LogP contribution in [0.4, 0.5) is 0 Å². The van der Waals surface area contributed by atoms with Gasteiger partial charge in [-0.2, -0.15) is 0 Å². The molecule has 0 rings (SSSR count). The molecule has 92 valence electrons. The van der Waals surface area contributed by atoms with Gasteiger partial charge in [0.1, 0.15) is 0 Å². The summed E-state index contributed by atoms with van der Waals surface area (Å²) in [7, 11) is 0. The summed E-state index contributed by atoms with van der Waals surface area (Å²) in [6.45, 7) is -7.86. The average Bonchev–Trinajstić information content (AvgIpc) is 2.75. The summed E-state index contributed by atoms with van der Waals surface area (Å²) in [4.78, 5) is 0. The minimum absolute atomic E-state index is 3.81. The van der Waals surface area contributed by atoms with Crippen molar-refractivity contribution in [3.63, 3.8) is 0 Å². The van der Waals surface area contributed by atoms with Crippen LogP contribution in [0.2, 0.25) is 0 Å². The molecule has 0 aromatic carbocycles. The fraction of sp³-hybridized carbons (Fsp3) is 1.00. The Balaban J connectivity index is 7.52. The number of hydrogen-bond donors (Lipinski definition) is 1. The Kier molecular flexibility index (Phi) is 1.47. The zero-order valence-corrected chi connectivity index (χ0v) is 7.58. The highest BCUT2D eigenvalue weighted by Gasteiger charge is 1.92. The van der Waals surface area contributed by atoms with Crippen LogP contribution in [0.1, 0.15) is 123 Å². The van der Waals surface area contributed by atoms with E-state index >= 15 is 0 Å². The van der Waals surface area contributed by atoms with E-state index in [9.17, 15) is 0 Å². The van der Waals surface area contributed by atoms with Crippen molar-refractivity contribution in [2.45, 2.75) is 83.3 Å². The summed E-state index contributed by atoms with van der Waals surface area (Å²) in [6.07, 6.45) is -56.7. The molecule has 0 spiro atoms. The first-order valence-corrected chi connectivity index (χ1v) is 3.54. The molecule has 0 aliphatic carbocycles. The van der Waals surface area contributed by atoms with Gasteiger partial charge in [0.05, 0.1) is 0 Å². The van der Waals surface area contributed by atoms with E-state index in [2.05, 4.69) is 0 Å². The van der Waals surface area contributed by atoms with Crippen molar-refractivity contribution >= 4 is 0 Å². The molecule has 0 aromatic heterocycles. The molecule has 0 saturated heterocycles. The van der Waals surface area contributed by atoms with Crippen LogP contribution in [-0.2, 0) is 0 Å². The van der Waals surface area contributed by atoms with E-state index in [0.717, 1.165) is 0 Å². The molecule has 15 heavy (non-hydrogen) atoms. The van der Waals surface area contributed by atoms with E-state index in [1.54, 1.807) is 0 Å². The van der Waals surface area contributed by atoms with Gasteiger partial charge in [-0.3, -0.25) is 0 Å². The Morgan fingerprint density at radius 1 is 0.733 bits per heavy atom. The van der Waals surface area contributed by atoms with Gasteiger partial charge in [-0.25, -0.2) is 0 Å². The average molecular weight is 243 g/mol. The van der Waals surface area contributed by atoms with Gasteiger partial charge in [-0.1, -0.05) is 77.0 Å². The van der Waals surface area contributed by atoms with E-state index in [4.69, 9.17) is 45.5 Å². The van der Waals surface area contributed by atoms with Crippen LogP contribution in [0.3, 0.4) is 0 Å². The predicted octanol–water partition coefficient (Wildman–Crippen LogP) is 4.65. The normalized spacial score (nSPS) is 52.7. The van der Waals surface area contributed by atoms with Crippen LogP contribution in [0.25, 0.3) is 0 Å². The summed E-state index contributed by atoms with van der Waals surface area (Å²) < 4.78 is 226. The first kappa shape index (κ1) is 1.58. The third kappa shape index (κ3) is 14.0. The smallest absolute Gasteiger partial charge is 0.0425 e. The maximum Gasteiger partial charge on any atom is 0.0425 e. The van der Waals surface area contributed by atoms with Gasteiger partial charge in [0.25, 0.3) is 0 Å². The van der Waals surface area contributed by atoms with Gasteiger partial charge in [-0.15, -0.1) is 0 Å². The molecule has 0 fully saturated rings. The molecule has 0 aliphatic rings. The van der Waals surface area contributed by atoms with Crippen molar-refractivity contribution in [1.29, 1.82) is 0 Å². The van der Waals surface area contributed by atoms with Crippen molar-refractivity contribution in [2.75, 3.05) is 6.50 Å². The highest BCUT2D eigenvalue weighted by Crippen LogP contribution is 2.11. The fourth-order valence-corrected chi connectivity index (χ4v) is 0.349. The minimum Gasteiger partial charge on any atom is -0.330 e. The van der Waals surface area contributed by atoms with Gasteiger partial charge in [0.2, 0.25) is 0 Å². The zero-order chi connectivity index (χ0) is 37.0. The fourth-order valence-electron chi connectivity index (χ4n) is 0.349. The maximum atomic E-state index is 8.08. The molecule has 0 radical (unpaired) electrons. The van der Waals surface area contributed by atoms with Crippen LogP contribution < -0.4 is 5.73 Å². The minimum atomic E-state index is -4.97. The van der Waals surface area contributed by atoms with Gasteiger partial charge in [0, 0.05) is 39.8 Å². The summed E-state index contributed by atoms with van der Waals surface area (Å²) >= 11 is 0. The van der Waals surface area contributed by atoms with E-state index < -0.39 is 89.8 Å². The number of rotatable bonds is 12. The van der Waals surface area contributed by atoms with Crippen molar-refractivity contribution < 1.29 is 39.8 Å². The third-order valence-corrected chi connectivity index (χ3v) is 0.760. The van der Waals surface area contributed by atoms with E-state index in [1.807, 2.05) is 0 Å². The predicted molar refractivity (Wildman–Crippen MR) is 70.1 cm³/mol. The second kappa shape index (κ2) is 14.0. The Bertz CT molecular complexity index is 969. The molecule has 0 unspecified atom stereocenters. The van der Waals surface area contributed by atoms with Gasteiger partial charge in [-0.05, 0) is 12.9 Å². The Labute approximate surface area is 138 Å². The van der Waals surface area contributed by atoms with Gasteiger partial charge >= 0.3 is 0 Å². The van der Waals surface area contributed by atoms with Crippen molar-refractivity contribution in [1.82, 2.24) is 0 Å². The SMILES string of the molecule is [2H]C([2H])([2H])C([2H])([2H])C([2H])([2H])C([2H])([2H])C([2H])([2H])C([2H])([2H])C([2H])([2H])C([2H])([2H])C([2H])([2H])C([2H])([2H])C([2H])([2H])C([2H])([2H])C([2H])([2H])C([2H])([2H])N. The molecular formula is C14H31N. The van der Waals surface area contributed by atoms with Crippen molar-refractivity contribution in [2.24, 2.45) is 5.73 Å². The third-order valence-electron chi connectivity index (χ3n) is 0.760.